The first-order chi connectivity index (χ1) is 13.4. The molecule has 148 valence electrons. The van der Waals surface area contributed by atoms with E-state index in [1.807, 2.05) is 24.3 Å². The number of sulfonamides is 1. The molecular weight excluding hydrogens is 376 g/mol. The Balaban J connectivity index is 1.75. The number of nitriles is 1. The second kappa shape index (κ2) is 8.71. The van der Waals surface area contributed by atoms with Crippen LogP contribution < -0.4 is 10.5 Å². The van der Waals surface area contributed by atoms with Crippen molar-refractivity contribution < 1.29 is 13.2 Å². The first-order valence-corrected chi connectivity index (χ1v) is 10.6. The molecule has 0 saturated carbocycles. The standard InChI is InChI=1S/C20H24N4O3S/c1-15(20(14-21)28(22,25)26)16-2-3-18-13-19(5-4-17(18)12-16)23-6-7-24-8-10-27-11-9-24/h2-5,12-13,23H,6-11H2,1H3,(H2,22,25,26)/b20-15+. The highest BCUT2D eigenvalue weighted by Crippen LogP contribution is 2.26. The maximum absolute atomic E-state index is 11.6. The highest BCUT2D eigenvalue weighted by Gasteiger charge is 2.16. The Kier molecular flexibility index (Phi) is 6.31. The molecule has 2 aromatic carbocycles. The Morgan fingerprint density at radius 3 is 2.57 bits per heavy atom. The van der Waals surface area contributed by atoms with Gasteiger partial charge in [-0.15, -0.1) is 0 Å². The van der Waals surface area contributed by atoms with E-state index in [9.17, 15) is 8.42 Å². The van der Waals surface area contributed by atoms with Gasteiger partial charge in [-0.05, 0) is 47.0 Å². The minimum atomic E-state index is -4.05. The number of hydrogen-bond donors (Lipinski definition) is 2. The Morgan fingerprint density at radius 2 is 1.89 bits per heavy atom. The summed E-state index contributed by atoms with van der Waals surface area (Å²) in [5, 5.41) is 19.7. The molecule has 3 rings (SSSR count). The average molecular weight is 401 g/mol. The predicted octanol–water partition coefficient (Wildman–Crippen LogP) is 2.13. The second-order valence-corrected chi connectivity index (χ2v) is 8.27. The summed E-state index contributed by atoms with van der Waals surface area (Å²) in [5.41, 5.74) is 2.04. The van der Waals surface area contributed by atoms with Gasteiger partial charge >= 0.3 is 0 Å². The number of hydrogen-bond acceptors (Lipinski definition) is 6. The number of fused-ring (bicyclic) bond motifs is 1. The normalized spacial score (nSPS) is 16.5. The summed E-state index contributed by atoms with van der Waals surface area (Å²) < 4.78 is 28.5. The number of nitrogens with zero attached hydrogens (tertiary/aromatic N) is 2. The van der Waals surface area contributed by atoms with Crippen molar-refractivity contribution in [3.05, 3.63) is 46.9 Å². The third-order valence-corrected chi connectivity index (χ3v) is 5.83. The summed E-state index contributed by atoms with van der Waals surface area (Å²) in [7, 11) is -4.05. The zero-order valence-corrected chi connectivity index (χ0v) is 16.6. The number of ether oxygens (including phenoxy) is 1. The molecule has 0 radical (unpaired) electrons. The van der Waals surface area contributed by atoms with Gasteiger partial charge in [0.25, 0.3) is 0 Å². The zero-order valence-electron chi connectivity index (χ0n) is 15.8. The summed E-state index contributed by atoms with van der Waals surface area (Å²) in [6.45, 7) is 6.94. The fourth-order valence-electron chi connectivity index (χ4n) is 3.26. The highest BCUT2D eigenvalue weighted by molar-refractivity contribution is 7.93. The third-order valence-electron chi connectivity index (χ3n) is 4.86. The molecule has 7 nitrogen and oxygen atoms in total. The van der Waals surface area contributed by atoms with E-state index in [-0.39, 0.29) is 0 Å². The van der Waals surface area contributed by atoms with Gasteiger partial charge in [0.1, 0.15) is 6.07 Å². The smallest absolute Gasteiger partial charge is 0.248 e. The summed E-state index contributed by atoms with van der Waals surface area (Å²) in [6.07, 6.45) is 0. The lowest BCUT2D eigenvalue weighted by Crippen LogP contribution is -2.38. The quantitative estimate of drug-likeness (QED) is 0.719. The maximum atomic E-state index is 11.6. The minimum Gasteiger partial charge on any atom is -0.384 e. The minimum absolute atomic E-state index is 0.347. The van der Waals surface area contributed by atoms with Crippen LogP contribution in [0.1, 0.15) is 12.5 Å². The molecule has 0 aliphatic carbocycles. The van der Waals surface area contributed by atoms with Crippen LogP contribution in [0.4, 0.5) is 5.69 Å². The van der Waals surface area contributed by atoms with E-state index in [4.69, 9.17) is 15.1 Å². The van der Waals surface area contributed by atoms with E-state index < -0.39 is 14.9 Å². The molecule has 2 aromatic rings. The Labute approximate surface area is 165 Å². The van der Waals surface area contributed by atoms with Crippen LogP contribution >= 0.6 is 0 Å². The third kappa shape index (κ3) is 4.88. The van der Waals surface area contributed by atoms with Crippen molar-refractivity contribution in [2.45, 2.75) is 6.92 Å². The highest BCUT2D eigenvalue weighted by atomic mass is 32.2. The van der Waals surface area contributed by atoms with E-state index in [2.05, 4.69) is 16.3 Å². The monoisotopic (exact) mass is 400 g/mol. The Morgan fingerprint density at radius 1 is 1.21 bits per heavy atom. The van der Waals surface area contributed by atoms with Crippen LogP contribution in [0.15, 0.2) is 41.3 Å². The lowest BCUT2D eigenvalue weighted by Gasteiger charge is -2.26. The lowest BCUT2D eigenvalue weighted by atomic mass is 10.0. The van der Waals surface area contributed by atoms with Crippen molar-refractivity contribution in [3.8, 4) is 6.07 Å². The molecule has 28 heavy (non-hydrogen) atoms. The van der Waals surface area contributed by atoms with E-state index in [1.54, 1.807) is 19.1 Å². The van der Waals surface area contributed by atoms with E-state index >= 15 is 0 Å². The molecule has 1 heterocycles. The number of nitrogens with one attached hydrogen (secondary N) is 1. The Bertz CT molecular complexity index is 1040. The van der Waals surface area contributed by atoms with Crippen molar-refractivity contribution in [2.75, 3.05) is 44.7 Å². The summed E-state index contributed by atoms with van der Waals surface area (Å²) in [4.78, 5) is 1.96. The number of rotatable bonds is 6. The Hall–Kier alpha value is -2.44. The summed E-state index contributed by atoms with van der Waals surface area (Å²) >= 11 is 0. The van der Waals surface area contributed by atoms with Gasteiger partial charge in [-0.1, -0.05) is 18.2 Å². The fraction of sp³-hybridized carbons (Fsp3) is 0.350. The molecule has 8 heteroatoms. The van der Waals surface area contributed by atoms with Crippen LogP contribution in [0.5, 0.6) is 0 Å². The molecule has 1 fully saturated rings. The number of allylic oxidation sites excluding steroid dienone is 2. The molecule has 1 saturated heterocycles. The van der Waals surface area contributed by atoms with Crippen LogP contribution in [-0.2, 0) is 14.8 Å². The van der Waals surface area contributed by atoms with Crippen LogP contribution in [-0.4, -0.2) is 52.7 Å². The first kappa shape index (κ1) is 20.3. The average Bonchev–Trinajstić information content (AvgIpc) is 2.67. The van der Waals surface area contributed by atoms with Crippen LogP contribution in [0.25, 0.3) is 16.3 Å². The molecule has 0 amide bonds. The molecule has 1 aliphatic rings. The van der Waals surface area contributed by atoms with Crippen molar-refractivity contribution >= 4 is 32.1 Å². The number of primary sulfonamides is 1. The van der Waals surface area contributed by atoms with Gasteiger partial charge < -0.3 is 10.1 Å². The number of morpholine rings is 1. The van der Waals surface area contributed by atoms with E-state index in [1.165, 1.54) is 0 Å². The van der Waals surface area contributed by atoms with Crippen LogP contribution in [0.2, 0.25) is 0 Å². The van der Waals surface area contributed by atoms with Crippen molar-refractivity contribution in [2.24, 2.45) is 5.14 Å². The fourth-order valence-corrected chi connectivity index (χ4v) is 3.94. The number of benzene rings is 2. The van der Waals surface area contributed by atoms with Gasteiger partial charge in [-0.2, -0.15) is 5.26 Å². The first-order valence-electron chi connectivity index (χ1n) is 9.10. The molecule has 0 aromatic heterocycles. The number of anilines is 1. The van der Waals surface area contributed by atoms with E-state index in [0.717, 1.165) is 55.9 Å². The molecule has 3 N–H and O–H groups in total. The largest absolute Gasteiger partial charge is 0.384 e. The lowest BCUT2D eigenvalue weighted by molar-refractivity contribution is 0.0398. The van der Waals surface area contributed by atoms with Crippen molar-refractivity contribution in [1.82, 2.24) is 4.90 Å². The van der Waals surface area contributed by atoms with Crippen LogP contribution in [0.3, 0.4) is 0 Å². The second-order valence-electron chi connectivity index (χ2n) is 6.77. The maximum Gasteiger partial charge on any atom is 0.248 e. The van der Waals surface area contributed by atoms with Crippen molar-refractivity contribution in [1.29, 1.82) is 5.26 Å². The van der Waals surface area contributed by atoms with Crippen molar-refractivity contribution in [3.63, 3.8) is 0 Å². The summed E-state index contributed by atoms with van der Waals surface area (Å²) in [6, 6.07) is 13.3. The molecule has 0 atom stereocenters. The molecule has 0 bridgehead atoms. The predicted molar refractivity (Wildman–Crippen MR) is 111 cm³/mol. The van der Waals surface area contributed by atoms with Gasteiger partial charge in [0, 0.05) is 31.9 Å². The van der Waals surface area contributed by atoms with Gasteiger partial charge in [-0.25, -0.2) is 13.6 Å². The van der Waals surface area contributed by atoms with Gasteiger partial charge in [-0.3, -0.25) is 4.90 Å². The van der Waals surface area contributed by atoms with Gasteiger partial charge in [0.2, 0.25) is 10.0 Å². The zero-order chi connectivity index (χ0) is 20.1. The molecule has 1 aliphatic heterocycles. The SMILES string of the molecule is C/C(=C(/C#N)S(N)(=O)=O)c1ccc2cc(NCCN3CCOCC3)ccc2c1. The number of nitrogens with two attached hydrogens (primary N) is 1. The molecule has 0 unspecified atom stereocenters. The van der Waals surface area contributed by atoms with Gasteiger partial charge in [0.15, 0.2) is 4.91 Å². The van der Waals surface area contributed by atoms with E-state index in [0.29, 0.717) is 11.1 Å². The summed E-state index contributed by atoms with van der Waals surface area (Å²) in [5.74, 6) is 0. The molecule has 0 spiro atoms. The topological polar surface area (TPSA) is 108 Å². The van der Waals surface area contributed by atoms with Gasteiger partial charge in [0.05, 0.1) is 13.2 Å². The van der Waals surface area contributed by atoms with Crippen LogP contribution in [0, 0.1) is 11.3 Å². The molecular formula is C20H24N4O3S.